The standard InChI is InChI=1S/C12H15N5O3/c1-8-10(7-16(2)14-8)13-12(20)9-3-5-17(15-9)6-4-11(18)19/h3,5,7H,4,6H2,1-2H3,(H,13,20)(H,18,19). The van der Waals surface area contributed by atoms with Crippen LogP contribution in [-0.2, 0) is 18.4 Å². The highest BCUT2D eigenvalue weighted by Crippen LogP contribution is 2.12. The monoisotopic (exact) mass is 277 g/mol. The second-order valence-corrected chi connectivity index (χ2v) is 4.36. The number of hydrogen-bond donors (Lipinski definition) is 2. The number of aromatic nitrogens is 4. The van der Waals surface area contributed by atoms with Crippen molar-refractivity contribution in [3.63, 3.8) is 0 Å². The van der Waals surface area contributed by atoms with Crippen LogP contribution in [0.2, 0.25) is 0 Å². The summed E-state index contributed by atoms with van der Waals surface area (Å²) in [5.74, 6) is -1.26. The highest BCUT2D eigenvalue weighted by Gasteiger charge is 2.13. The number of carbonyl (C=O) groups is 2. The Bertz CT molecular complexity index is 643. The zero-order valence-corrected chi connectivity index (χ0v) is 11.2. The maximum atomic E-state index is 12.0. The molecule has 0 atom stereocenters. The summed E-state index contributed by atoms with van der Waals surface area (Å²) in [6, 6.07) is 1.54. The molecule has 0 radical (unpaired) electrons. The van der Waals surface area contributed by atoms with Crippen LogP contribution in [0.1, 0.15) is 22.6 Å². The molecule has 8 heteroatoms. The third kappa shape index (κ3) is 3.22. The van der Waals surface area contributed by atoms with E-state index >= 15 is 0 Å². The number of anilines is 1. The number of amides is 1. The molecule has 0 saturated carbocycles. The molecule has 2 aromatic rings. The van der Waals surface area contributed by atoms with Gasteiger partial charge in [0.05, 0.1) is 24.3 Å². The van der Waals surface area contributed by atoms with Crippen LogP contribution in [0.3, 0.4) is 0 Å². The fourth-order valence-corrected chi connectivity index (χ4v) is 1.73. The van der Waals surface area contributed by atoms with Crippen LogP contribution in [0.25, 0.3) is 0 Å². The lowest BCUT2D eigenvalue weighted by Gasteiger charge is -2.01. The molecule has 2 heterocycles. The lowest BCUT2D eigenvalue weighted by Crippen LogP contribution is -2.14. The molecular formula is C12H15N5O3. The van der Waals surface area contributed by atoms with Crippen molar-refractivity contribution in [2.24, 2.45) is 7.05 Å². The molecule has 0 fully saturated rings. The van der Waals surface area contributed by atoms with Gasteiger partial charge in [0.2, 0.25) is 0 Å². The zero-order valence-electron chi connectivity index (χ0n) is 11.2. The number of aliphatic carboxylic acids is 1. The Balaban J connectivity index is 2.02. The molecule has 0 spiro atoms. The number of carbonyl (C=O) groups excluding carboxylic acids is 1. The summed E-state index contributed by atoms with van der Waals surface area (Å²) in [4.78, 5) is 22.5. The summed E-state index contributed by atoms with van der Waals surface area (Å²) >= 11 is 0. The molecule has 0 saturated heterocycles. The summed E-state index contributed by atoms with van der Waals surface area (Å²) in [6.07, 6.45) is 3.24. The Morgan fingerprint density at radius 2 is 2.15 bits per heavy atom. The van der Waals surface area contributed by atoms with E-state index in [1.165, 1.54) is 4.68 Å². The van der Waals surface area contributed by atoms with Gasteiger partial charge in [-0.1, -0.05) is 0 Å². The van der Waals surface area contributed by atoms with Crippen molar-refractivity contribution in [3.05, 3.63) is 29.8 Å². The van der Waals surface area contributed by atoms with E-state index in [0.29, 0.717) is 11.4 Å². The van der Waals surface area contributed by atoms with Crippen molar-refractivity contribution in [1.29, 1.82) is 0 Å². The van der Waals surface area contributed by atoms with Crippen LogP contribution in [0.4, 0.5) is 5.69 Å². The van der Waals surface area contributed by atoms with E-state index in [-0.39, 0.29) is 24.6 Å². The van der Waals surface area contributed by atoms with Crippen LogP contribution in [0.5, 0.6) is 0 Å². The SMILES string of the molecule is Cc1nn(C)cc1NC(=O)c1ccn(CCC(=O)O)n1. The summed E-state index contributed by atoms with van der Waals surface area (Å²) < 4.78 is 3.04. The molecule has 106 valence electrons. The third-order valence-electron chi connectivity index (χ3n) is 2.69. The summed E-state index contributed by atoms with van der Waals surface area (Å²) in [7, 11) is 1.77. The van der Waals surface area contributed by atoms with Gasteiger partial charge in [-0.05, 0) is 13.0 Å². The van der Waals surface area contributed by atoms with Crippen molar-refractivity contribution < 1.29 is 14.7 Å². The van der Waals surface area contributed by atoms with E-state index in [2.05, 4.69) is 15.5 Å². The van der Waals surface area contributed by atoms with Crippen LogP contribution in [0.15, 0.2) is 18.5 Å². The molecule has 0 bridgehead atoms. The third-order valence-corrected chi connectivity index (χ3v) is 2.69. The molecule has 0 aromatic carbocycles. The second-order valence-electron chi connectivity index (χ2n) is 4.36. The van der Waals surface area contributed by atoms with Gasteiger partial charge in [0.25, 0.3) is 5.91 Å². The first kappa shape index (κ1) is 13.8. The van der Waals surface area contributed by atoms with Crippen molar-refractivity contribution in [2.45, 2.75) is 19.9 Å². The molecule has 20 heavy (non-hydrogen) atoms. The van der Waals surface area contributed by atoms with E-state index in [4.69, 9.17) is 5.11 Å². The van der Waals surface area contributed by atoms with E-state index in [0.717, 1.165) is 0 Å². The maximum Gasteiger partial charge on any atom is 0.305 e. The Morgan fingerprint density at radius 1 is 1.40 bits per heavy atom. The predicted octanol–water partition coefficient (Wildman–Crippen LogP) is 0.652. The minimum absolute atomic E-state index is 0.0372. The quantitative estimate of drug-likeness (QED) is 0.835. The maximum absolute atomic E-state index is 12.0. The molecule has 0 aliphatic heterocycles. The molecule has 2 N–H and O–H groups in total. The highest BCUT2D eigenvalue weighted by atomic mass is 16.4. The first-order valence-electron chi connectivity index (χ1n) is 6.02. The van der Waals surface area contributed by atoms with Gasteiger partial charge >= 0.3 is 5.97 Å². The van der Waals surface area contributed by atoms with Gasteiger partial charge in [0.1, 0.15) is 0 Å². The van der Waals surface area contributed by atoms with Crippen molar-refractivity contribution in [1.82, 2.24) is 19.6 Å². The topological polar surface area (TPSA) is 102 Å². The minimum Gasteiger partial charge on any atom is -0.481 e. The van der Waals surface area contributed by atoms with Gasteiger partial charge in [0, 0.05) is 19.4 Å². The Kier molecular flexibility index (Phi) is 3.83. The summed E-state index contributed by atoms with van der Waals surface area (Å²) in [5, 5.41) is 19.5. The van der Waals surface area contributed by atoms with Gasteiger partial charge in [-0.15, -0.1) is 0 Å². The molecule has 2 aromatic heterocycles. The van der Waals surface area contributed by atoms with E-state index in [9.17, 15) is 9.59 Å². The normalized spacial score (nSPS) is 10.5. The van der Waals surface area contributed by atoms with Gasteiger partial charge in [-0.25, -0.2) is 0 Å². The van der Waals surface area contributed by atoms with E-state index < -0.39 is 5.97 Å². The fourth-order valence-electron chi connectivity index (χ4n) is 1.73. The molecule has 8 nitrogen and oxygen atoms in total. The second kappa shape index (κ2) is 5.55. The lowest BCUT2D eigenvalue weighted by atomic mass is 10.3. The average Bonchev–Trinajstić information content (AvgIpc) is 2.94. The molecule has 0 aliphatic rings. The van der Waals surface area contributed by atoms with Gasteiger partial charge < -0.3 is 10.4 Å². The van der Waals surface area contributed by atoms with Gasteiger partial charge in [-0.3, -0.25) is 19.0 Å². The van der Waals surface area contributed by atoms with E-state index in [1.807, 2.05) is 0 Å². The largest absolute Gasteiger partial charge is 0.481 e. The first-order valence-corrected chi connectivity index (χ1v) is 6.02. The average molecular weight is 277 g/mol. The lowest BCUT2D eigenvalue weighted by molar-refractivity contribution is -0.137. The number of carboxylic acids is 1. The van der Waals surface area contributed by atoms with E-state index in [1.54, 1.807) is 37.1 Å². The van der Waals surface area contributed by atoms with Crippen LogP contribution < -0.4 is 5.32 Å². The number of nitrogens with one attached hydrogen (secondary N) is 1. The Morgan fingerprint density at radius 3 is 2.75 bits per heavy atom. The predicted molar refractivity (Wildman–Crippen MR) is 70.4 cm³/mol. The van der Waals surface area contributed by atoms with Crippen molar-refractivity contribution >= 4 is 17.6 Å². The molecule has 1 amide bonds. The number of hydrogen-bond acceptors (Lipinski definition) is 4. The smallest absolute Gasteiger partial charge is 0.305 e. The zero-order chi connectivity index (χ0) is 14.7. The van der Waals surface area contributed by atoms with Crippen LogP contribution >= 0.6 is 0 Å². The first-order chi connectivity index (χ1) is 9.45. The summed E-state index contributed by atoms with van der Waals surface area (Å²) in [6.45, 7) is 2.02. The van der Waals surface area contributed by atoms with Gasteiger partial charge in [0.15, 0.2) is 5.69 Å². The molecular weight excluding hydrogens is 262 g/mol. The number of aryl methyl sites for hydroxylation is 3. The number of rotatable bonds is 5. The van der Waals surface area contributed by atoms with Crippen molar-refractivity contribution in [2.75, 3.05) is 5.32 Å². The van der Waals surface area contributed by atoms with Crippen LogP contribution in [0, 0.1) is 6.92 Å². The molecule has 0 unspecified atom stereocenters. The molecule has 2 rings (SSSR count). The fraction of sp³-hybridized carbons (Fsp3) is 0.333. The van der Waals surface area contributed by atoms with Crippen molar-refractivity contribution in [3.8, 4) is 0 Å². The Hall–Kier alpha value is -2.64. The Labute approximate surface area is 115 Å². The highest BCUT2D eigenvalue weighted by molar-refractivity contribution is 6.03. The van der Waals surface area contributed by atoms with Crippen LogP contribution in [-0.4, -0.2) is 36.5 Å². The molecule has 0 aliphatic carbocycles. The number of nitrogens with zero attached hydrogens (tertiary/aromatic N) is 4. The minimum atomic E-state index is -0.905. The summed E-state index contributed by atoms with van der Waals surface area (Å²) in [5.41, 5.74) is 1.57. The van der Waals surface area contributed by atoms with Gasteiger partial charge in [-0.2, -0.15) is 10.2 Å². The number of carboxylic acid groups (broad SMARTS) is 1.